The quantitative estimate of drug-likeness (QED) is 0.639. The SMILES string of the molecule is N#Cc1cc(F)c2c(c1)CNC2=O. The van der Waals surface area contributed by atoms with Crippen molar-refractivity contribution >= 4 is 5.91 Å². The van der Waals surface area contributed by atoms with Gasteiger partial charge in [-0.1, -0.05) is 0 Å². The van der Waals surface area contributed by atoms with E-state index in [0.29, 0.717) is 12.1 Å². The second kappa shape index (κ2) is 2.56. The summed E-state index contributed by atoms with van der Waals surface area (Å²) in [4.78, 5) is 11.1. The van der Waals surface area contributed by atoms with Crippen LogP contribution < -0.4 is 5.32 Å². The van der Waals surface area contributed by atoms with Crippen molar-refractivity contribution in [1.29, 1.82) is 5.26 Å². The molecule has 0 atom stereocenters. The molecule has 1 N–H and O–H groups in total. The van der Waals surface area contributed by atoms with Crippen LogP contribution in [-0.2, 0) is 6.54 Å². The van der Waals surface area contributed by atoms with Crippen molar-refractivity contribution in [2.75, 3.05) is 0 Å². The lowest BCUT2D eigenvalue weighted by atomic mass is 10.1. The third-order valence-electron chi connectivity index (χ3n) is 1.97. The molecule has 13 heavy (non-hydrogen) atoms. The Labute approximate surface area is 73.8 Å². The number of fused-ring (bicyclic) bond motifs is 1. The Bertz CT molecular complexity index is 434. The van der Waals surface area contributed by atoms with Crippen LogP contribution in [0.25, 0.3) is 0 Å². The van der Waals surface area contributed by atoms with Crippen LogP contribution in [0.2, 0.25) is 0 Å². The lowest BCUT2D eigenvalue weighted by molar-refractivity contribution is 0.0962. The van der Waals surface area contributed by atoms with E-state index in [1.54, 1.807) is 0 Å². The van der Waals surface area contributed by atoms with E-state index < -0.39 is 11.7 Å². The van der Waals surface area contributed by atoms with Crippen molar-refractivity contribution in [3.8, 4) is 6.07 Å². The Morgan fingerprint density at radius 3 is 3.00 bits per heavy atom. The van der Waals surface area contributed by atoms with Crippen molar-refractivity contribution in [2.45, 2.75) is 6.54 Å². The lowest BCUT2D eigenvalue weighted by Crippen LogP contribution is -2.13. The van der Waals surface area contributed by atoms with Crippen LogP contribution in [-0.4, -0.2) is 5.91 Å². The fourth-order valence-electron chi connectivity index (χ4n) is 1.39. The molecule has 1 aromatic carbocycles. The Balaban J connectivity index is 2.67. The molecule has 1 heterocycles. The third-order valence-corrected chi connectivity index (χ3v) is 1.97. The minimum absolute atomic E-state index is 0.0685. The minimum Gasteiger partial charge on any atom is -0.348 e. The summed E-state index contributed by atoms with van der Waals surface area (Å²) in [5, 5.41) is 11.0. The highest BCUT2D eigenvalue weighted by Gasteiger charge is 2.23. The normalized spacial score (nSPS) is 13.4. The highest BCUT2D eigenvalue weighted by molar-refractivity contribution is 5.98. The molecule has 0 radical (unpaired) electrons. The molecule has 1 aromatic rings. The summed E-state index contributed by atoms with van der Waals surface area (Å²) in [5.41, 5.74) is 0.869. The molecule has 0 bridgehead atoms. The van der Waals surface area contributed by atoms with E-state index in [-0.39, 0.29) is 11.1 Å². The van der Waals surface area contributed by atoms with E-state index in [4.69, 9.17) is 5.26 Å². The maximum atomic E-state index is 13.2. The number of halogens is 1. The summed E-state index contributed by atoms with van der Waals surface area (Å²) in [6, 6.07) is 4.43. The van der Waals surface area contributed by atoms with Gasteiger partial charge >= 0.3 is 0 Å². The third kappa shape index (κ3) is 1.05. The van der Waals surface area contributed by atoms with Gasteiger partial charge in [0.25, 0.3) is 5.91 Å². The second-order valence-electron chi connectivity index (χ2n) is 2.79. The van der Waals surface area contributed by atoms with Gasteiger partial charge in [0.15, 0.2) is 0 Å². The molecule has 1 amide bonds. The summed E-state index contributed by atoms with van der Waals surface area (Å²) in [6.45, 7) is 0.306. The predicted molar refractivity (Wildman–Crippen MR) is 42.3 cm³/mol. The van der Waals surface area contributed by atoms with Crippen molar-refractivity contribution in [3.05, 3.63) is 34.6 Å². The number of nitriles is 1. The van der Waals surface area contributed by atoms with Crippen molar-refractivity contribution in [3.63, 3.8) is 0 Å². The van der Waals surface area contributed by atoms with Gasteiger partial charge in [0.1, 0.15) is 5.82 Å². The van der Waals surface area contributed by atoms with E-state index in [9.17, 15) is 9.18 Å². The van der Waals surface area contributed by atoms with E-state index >= 15 is 0 Å². The molecule has 0 saturated carbocycles. The maximum absolute atomic E-state index is 13.2. The van der Waals surface area contributed by atoms with Crippen LogP contribution in [0.5, 0.6) is 0 Å². The molecular weight excluding hydrogens is 171 g/mol. The number of amides is 1. The van der Waals surface area contributed by atoms with Gasteiger partial charge in [0.05, 0.1) is 17.2 Å². The van der Waals surface area contributed by atoms with Gasteiger partial charge in [-0.2, -0.15) is 5.26 Å². The van der Waals surface area contributed by atoms with Gasteiger partial charge in [-0.3, -0.25) is 4.79 Å². The molecular formula is C9H5FN2O. The molecule has 2 rings (SSSR count). The van der Waals surface area contributed by atoms with E-state index in [2.05, 4.69) is 5.32 Å². The van der Waals surface area contributed by atoms with Crippen LogP contribution in [0.3, 0.4) is 0 Å². The number of carbonyl (C=O) groups excluding carboxylic acids is 1. The number of hydrogen-bond acceptors (Lipinski definition) is 2. The van der Waals surface area contributed by atoms with Gasteiger partial charge in [0.2, 0.25) is 0 Å². The monoisotopic (exact) mass is 176 g/mol. The van der Waals surface area contributed by atoms with E-state index in [1.807, 2.05) is 6.07 Å². The minimum atomic E-state index is -0.621. The number of benzene rings is 1. The Morgan fingerprint density at radius 2 is 2.31 bits per heavy atom. The summed E-state index contributed by atoms with van der Waals surface area (Å²) < 4.78 is 13.2. The van der Waals surface area contributed by atoms with Crippen LogP contribution in [0.1, 0.15) is 21.5 Å². The zero-order chi connectivity index (χ0) is 9.42. The highest BCUT2D eigenvalue weighted by atomic mass is 19.1. The Hall–Kier alpha value is -1.89. The molecule has 0 spiro atoms. The number of rotatable bonds is 0. The largest absolute Gasteiger partial charge is 0.348 e. The molecule has 64 valence electrons. The molecule has 4 heteroatoms. The fraction of sp³-hybridized carbons (Fsp3) is 0.111. The summed E-state index contributed by atoms with van der Waals surface area (Å²) in [7, 11) is 0. The van der Waals surface area contributed by atoms with E-state index in [0.717, 1.165) is 6.07 Å². The van der Waals surface area contributed by atoms with Gasteiger partial charge in [-0.15, -0.1) is 0 Å². The summed E-state index contributed by atoms with van der Waals surface area (Å²) in [6.07, 6.45) is 0. The molecule has 0 aromatic heterocycles. The number of carbonyl (C=O) groups is 1. The van der Waals surface area contributed by atoms with Crippen LogP contribution in [0, 0.1) is 17.1 Å². The first-order valence-corrected chi connectivity index (χ1v) is 3.73. The average molecular weight is 176 g/mol. The lowest BCUT2D eigenvalue weighted by Gasteiger charge is -1.97. The smallest absolute Gasteiger partial charge is 0.254 e. The summed E-state index contributed by atoms with van der Waals surface area (Å²) >= 11 is 0. The average Bonchev–Trinajstić information content (AvgIpc) is 2.48. The Kier molecular flexibility index (Phi) is 1.52. The van der Waals surface area contributed by atoms with Gasteiger partial charge in [-0.25, -0.2) is 4.39 Å². The maximum Gasteiger partial charge on any atom is 0.254 e. The predicted octanol–water partition coefficient (Wildman–Crippen LogP) is 0.941. The first kappa shape index (κ1) is 7.74. The van der Waals surface area contributed by atoms with Gasteiger partial charge in [0, 0.05) is 6.54 Å². The van der Waals surface area contributed by atoms with Crippen LogP contribution in [0.15, 0.2) is 12.1 Å². The van der Waals surface area contributed by atoms with Crippen molar-refractivity contribution in [2.24, 2.45) is 0 Å². The van der Waals surface area contributed by atoms with Crippen LogP contribution in [0.4, 0.5) is 4.39 Å². The first-order valence-electron chi connectivity index (χ1n) is 3.73. The molecule has 1 aliphatic rings. The van der Waals surface area contributed by atoms with Gasteiger partial charge in [-0.05, 0) is 17.7 Å². The molecule has 0 saturated heterocycles. The molecule has 0 fully saturated rings. The molecule has 0 aliphatic carbocycles. The van der Waals surface area contributed by atoms with Gasteiger partial charge < -0.3 is 5.32 Å². The first-order chi connectivity index (χ1) is 6.22. The number of nitrogens with zero attached hydrogens (tertiary/aromatic N) is 1. The zero-order valence-corrected chi connectivity index (χ0v) is 6.60. The van der Waals surface area contributed by atoms with Crippen molar-refractivity contribution < 1.29 is 9.18 Å². The topological polar surface area (TPSA) is 52.9 Å². The number of nitrogens with one attached hydrogen (secondary N) is 1. The molecule has 3 nitrogen and oxygen atoms in total. The second-order valence-corrected chi connectivity index (χ2v) is 2.79. The molecule has 0 unspecified atom stereocenters. The number of hydrogen-bond donors (Lipinski definition) is 1. The van der Waals surface area contributed by atoms with E-state index in [1.165, 1.54) is 6.07 Å². The van der Waals surface area contributed by atoms with Crippen LogP contribution >= 0.6 is 0 Å². The fourth-order valence-corrected chi connectivity index (χ4v) is 1.39. The zero-order valence-electron chi connectivity index (χ0n) is 6.60. The summed E-state index contributed by atoms with van der Waals surface area (Å²) in [5.74, 6) is -1.03. The standard InChI is InChI=1S/C9H5FN2O/c10-7-2-5(3-11)1-6-4-12-9(13)8(6)7/h1-2H,4H2,(H,12,13). The Morgan fingerprint density at radius 1 is 1.54 bits per heavy atom. The highest BCUT2D eigenvalue weighted by Crippen LogP contribution is 2.20. The molecule has 1 aliphatic heterocycles. The van der Waals surface area contributed by atoms with Crippen molar-refractivity contribution in [1.82, 2.24) is 5.32 Å².